The highest BCUT2D eigenvalue weighted by atomic mass is 16.7. The van der Waals surface area contributed by atoms with Crippen LogP contribution >= 0.6 is 0 Å². The SMILES string of the molecule is CC12OCC[N+]1=Cc1ccccc1O2. The third kappa shape index (κ3) is 0.990. The molecule has 3 heteroatoms. The molecule has 2 aliphatic heterocycles. The maximum atomic E-state index is 5.82. The zero-order chi connectivity index (χ0) is 9.60. The van der Waals surface area contributed by atoms with Gasteiger partial charge < -0.3 is 4.74 Å². The molecule has 1 aromatic carbocycles. The topological polar surface area (TPSA) is 21.5 Å². The van der Waals surface area contributed by atoms with E-state index in [4.69, 9.17) is 9.47 Å². The number of fused-ring (bicyclic) bond motifs is 2. The van der Waals surface area contributed by atoms with Gasteiger partial charge in [-0.3, -0.25) is 4.74 Å². The summed E-state index contributed by atoms with van der Waals surface area (Å²) in [5.74, 6) is 0.308. The first-order valence-corrected chi connectivity index (χ1v) is 4.82. The second-order valence-electron chi connectivity index (χ2n) is 3.71. The lowest BCUT2D eigenvalue weighted by molar-refractivity contribution is -0.660. The molecule has 0 aliphatic carbocycles. The number of nitrogens with zero attached hydrogens (tertiary/aromatic N) is 1. The van der Waals surface area contributed by atoms with E-state index in [1.54, 1.807) is 0 Å². The Hall–Kier alpha value is -1.35. The average Bonchev–Trinajstić information content (AvgIpc) is 2.54. The van der Waals surface area contributed by atoms with Gasteiger partial charge in [0.25, 0.3) is 0 Å². The van der Waals surface area contributed by atoms with Crippen LogP contribution in [0.2, 0.25) is 0 Å². The number of para-hydroxylation sites is 1. The second-order valence-corrected chi connectivity index (χ2v) is 3.71. The lowest BCUT2D eigenvalue weighted by Gasteiger charge is -2.24. The van der Waals surface area contributed by atoms with Crippen LogP contribution in [0.25, 0.3) is 0 Å². The summed E-state index contributed by atoms with van der Waals surface area (Å²) in [6.45, 7) is 3.57. The van der Waals surface area contributed by atoms with E-state index < -0.39 is 5.91 Å². The third-order valence-electron chi connectivity index (χ3n) is 2.74. The molecule has 0 aromatic heterocycles. The van der Waals surface area contributed by atoms with E-state index in [0.29, 0.717) is 0 Å². The van der Waals surface area contributed by atoms with Crippen molar-refractivity contribution in [3.05, 3.63) is 29.8 Å². The Morgan fingerprint density at radius 2 is 2.21 bits per heavy atom. The number of hydrogen-bond acceptors (Lipinski definition) is 2. The molecule has 0 radical (unpaired) electrons. The standard InChI is InChI=1S/C11H12NO2/c1-11-12(6-7-13-11)8-9-4-2-3-5-10(9)14-11/h2-5,8H,6-7H2,1H3/q+1. The quantitative estimate of drug-likeness (QED) is 0.573. The first kappa shape index (κ1) is 8.00. The van der Waals surface area contributed by atoms with Crippen LogP contribution in [0, 0.1) is 0 Å². The fraction of sp³-hybridized carbons (Fsp3) is 0.364. The van der Waals surface area contributed by atoms with Gasteiger partial charge in [0.15, 0.2) is 12.8 Å². The summed E-state index contributed by atoms with van der Waals surface area (Å²) in [5, 5.41) is 0. The minimum absolute atomic E-state index is 0.589. The molecule has 1 aromatic rings. The largest absolute Gasteiger partial charge is 0.425 e. The van der Waals surface area contributed by atoms with Gasteiger partial charge in [-0.15, -0.1) is 0 Å². The molecule has 3 rings (SSSR count). The molecule has 2 heterocycles. The van der Waals surface area contributed by atoms with Crippen molar-refractivity contribution in [1.29, 1.82) is 0 Å². The van der Waals surface area contributed by atoms with E-state index in [-0.39, 0.29) is 0 Å². The first-order valence-electron chi connectivity index (χ1n) is 4.82. The summed E-state index contributed by atoms with van der Waals surface area (Å²) in [6, 6.07) is 8.00. The summed E-state index contributed by atoms with van der Waals surface area (Å²) in [4.78, 5) is 0. The number of hydrogen-bond donors (Lipinski definition) is 0. The maximum Gasteiger partial charge on any atom is 0.425 e. The molecule has 1 saturated heterocycles. The minimum Gasteiger partial charge on any atom is -0.409 e. The molecule has 72 valence electrons. The Kier molecular flexibility index (Phi) is 1.47. The van der Waals surface area contributed by atoms with Crippen molar-refractivity contribution in [2.75, 3.05) is 13.2 Å². The van der Waals surface area contributed by atoms with Gasteiger partial charge in [0.2, 0.25) is 0 Å². The van der Waals surface area contributed by atoms with E-state index in [9.17, 15) is 0 Å². The number of benzene rings is 1. The Bertz CT molecular complexity index is 414. The monoisotopic (exact) mass is 190 g/mol. The van der Waals surface area contributed by atoms with E-state index in [0.717, 1.165) is 24.5 Å². The van der Waals surface area contributed by atoms with Gasteiger partial charge in [-0.05, 0) is 12.1 Å². The van der Waals surface area contributed by atoms with E-state index in [2.05, 4.69) is 10.8 Å². The highest BCUT2D eigenvalue weighted by Crippen LogP contribution is 2.30. The first-order chi connectivity index (χ1) is 6.78. The van der Waals surface area contributed by atoms with Gasteiger partial charge >= 0.3 is 5.91 Å². The molecule has 0 amide bonds. The molecule has 1 unspecified atom stereocenters. The van der Waals surface area contributed by atoms with Crippen molar-refractivity contribution < 1.29 is 14.0 Å². The van der Waals surface area contributed by atoms with E-state index >= 15 is 0 Å². The van der Waals surface area contributed by atoms with Crippen molar-refractivity contribution >= 4 is 6.21 Å². The van der Waals surface area contributed by atoms with E-state index in [1.165, 1.54) is 0 Å². The minimum atomic E-state index is -0.589. The van der Waals surface area contributed by atoms with Crippen molar-refractivity contribution in [2.45, 2.75) is 12.8 Å². The van der Waals surface area contributed by atoms with Crippen LogP contribution in [0.15, 0.2) is 24.3 Å². The summed E-state index contributed by atoms with van der Waals surface area (Å²) in [5.41, 5.74) is 1.12. The van der Waals surface area contributed by atoms with Crippen LogP contribution in [0.1, 0.15) is 12.5 Å². The van der Waals surface area contributed by atoms with Crippen molar-refractivity contribution in [1.82, 2.24) is 0 Å². The van der Waals surface area contributed by atoms with Gasteiger partial charge in [0.05, 0.1) is 12.5 Å². The third-order valence-corrected chi connectivity index (χ3v) is 2.74. The summed E-state index contributed by atoms with van der Waals surface area (Å²) >= 11 is 0. The zero-order valence-corrected chi connectivity index (χ0v) is 8.06. The van der Waals surface area contributed by atoms with Crippen molar-refractivity contribution in [3.8, 4) is 5.75 Å². The number of rotatable bonds is 0. The Morgan fingerprint density at radius 3 is 3.14 bits per heavy atom. The predicted molar refractivity (Wildman–Crippen MR) is 51.7 cm³/mol. The Morgan fingerprint density at radius 1 is 1.36 bits per heavy atom. The van der Waals surface area contributed by atoms with Crippen LogP contribution < -0.4 is 4.74 Å². The fourth-order valence-corrected chi connectivity index (χ4v) is 1.94. The second kappa shape index (κ2) is 2.58. The Labute approximate surface area is 82.6 Å². The van der Waals surface area contributed by atoms with Gasteiger partial charge in [-0.2, -0.15) is 4.58 Å². The van der Waals surface area contributed by atoms with Crippen LogP contribution in [0.4, 0.5) is 0 Å². The van der Waals surface area contributed by atoms with Crippen LogP contribution in [0.5, 0.6) is 5.75 Å². The van der Waals surface area contributed by atoms with Gasteiger partial charge in [0, 0.05) is 0 Å². The van der Waals surface area contributed by atoms with E-state index in [1.807, 2.05) is 31.2 Å². The summed E-state index contributed by atoms with van der Waals surface area (Å²) < 4.78 is 13.5. The normalized spacial score (nSPS) is 28.8. The Balaban J connectivity index is 2.14. The highest BCUT2D eigenvalue weighted by molar-refractivity contribution is 5.80. The lowest BCUT2D eigenvalue weighted by Crippen LogP contribution is -2.44. The number of ether oxygens (including phenoxy) is 2. The molecule has 0 spiro atoms. The molecular weight excluding hydrogens is 178 g/mol. The molecule has 0 N–H and O–H groups in total. The fourth-order valence-electron chi connectivity index (χ4n) is 1.94. The van der Waals surface area contributed by atoms with Crippen LogP contribution in [0.3, 0.4) is 0 Å². The molecular formula is C11H12NO2+. The van der Waals surface area contributed by atoms with Gasteiger partial charge in [0.1, 0.15) is 12.4 Å². The molecule has 2 aliphatic rings. The maximum absolute atomic E-state index is 5.82. The van der Waals surface area contributed by atoms with Gasteiger partial charge in [-0.25, -0.2) is 0 Å². The lowest BCUT2D eigenvalue weighted by atomic mass is 10.2. The van der Waals surface area contributed by atoms with Crippen molar-refractivity contribution in [3.63, 3.8) is 0 Å². The van der Waals surface area contributed by atoms with Crippen LogP contribution in [-0.2, 0) is 4.74 Å². The molecule has 0 saturated carbocycles. The van der Waals surface area contributed by atoms with Gasteiger partial charge in [-0.1, -0.05) is 12.1 Å². The average molecular weight is 190 g/mol. The molecule has 1 atom stereocenters. The summed E-state index contributed by atoms with van der Waals surface area (Å²) in [7, 11) is 0. The molecule has 14 heavy (non-hydrogen) atoms. The van der Waals surface area contributed by atoms with Crippen molar-refractivity contribution in [2.24, 2.45) is 0 Å². The smallest absolute Gasteiger partial charge is 0.409 e. The molecule has 3 nitrogen and oxygen atoms in total. The van der Waals surface area contributed by atoms with Crippen LogP contribution in [-0.4, -0.2) is 29.9 Å². The highest BCUT2D eigenvalue weighted by Gasteiger charge is 2.48. The molecule has 1 fully saturated rings. The molecule has 0 bridgehead atoms. The summed E-state index contributed by atoms with van der Waals surface area (Å²) in [6.07, 6.45) is 2.10. The predicted octanol–water partition coefficient (Wildman–Crippen LogP) is 1.21. The zero-order valence-electron chi connectivity index (χ0n) is 8.06.